The number of hydrogen-bond donors (Lipinski definition) is 1. The van der Waals surface area contributed by atoms with Gasteiger partial charge >= 0.3 is 0 Å². The molecule has 100 valence electrons. The molecule has 0 amide bonds. The number of nitrogens with zero attached hydrogens (tertiary/aromatic N) is 1. The van der Waals surface area contributed by atoms with E-state index in [1.54, 1.807) is 0 Å². The van der Waals surface area contributed by atoms with Crippen LogP contribution in [0.15, 0.2) is 42.5 Å². The highest BCUT2D eigenvalue weighted by atomic mass is 16.5. The van der Waals surface area contributed by atoms with E-state index in [9.17, 15) is 0 Å². The minimum Gasteiger partial charge on any atom is -0.473 e. The lowest BCUT2D eigenvalue weighted by atomic mass is 10.1. The van der Waals surface area contributed by atoms with Crippen molar-refractivity contribution >= 4 is 0 Å². The van der Waals surface area contributed by atoms with E-state index >= 15 is 0 Å². The van der Waals surface area contributed by atoms with Gasteiger partial charge in [-0.3, -0.25) is 0 Å². The molecule has 0 aliphatic rings. The van der Waals surface area contributed by atoms with E-state index in [1.165, 1.54) is 0 Å². The Hall–Kier alpha value is -1.87. The first-order valence-corrected chi connectivity index (χ1v) is 6.56. The molecule has 2 N–H and O–H groups in total. The SMILES string of the molecule is CC(C)c1cc(CN)cc(OCc2ccccc2)n1. The minimum absolute atomic E-state index is 0.366. The van der Waals surface area contributed by atoms with E-state index in [2.05, 4.69) is 18.8 Å². The topological polar surface area (TPSA) is 48.1 Å². The van der Waals surface area contributed by atoms with E-state index in [1.807, 2.05) is 42.5 Å². The fourth-order valence-corrected chi connectivity index (χ4v) is 1.80. The van der Waals surface area contributed by atoms with Crippen molar-refractivity contribution < 1.29 is 4.74 Å². The second-order valence-electron chi connectivity index (χ2n) is 4.87. The molecule has 19 heavy (non-hydrogen) atoms. The third-order valence-electron chi connectivity index (χ3n) is 2.94. The van der Waals surface area contributed by atoms with Gasteiger partial charge < -0.3 is 10.5 Å². The van der Waals surface area contributed by atoms with Crippen LogP contribution >= 0.6 is 0 Å². The third-order valence-corrected chi connectivity index (χ3v) is 2.94. The summed E-state index contributed by atoms with van der Waals surface area (Å²) < 4.78 is 5.76. The Balaban J connectivity index is 2.13. The van der Waals surface area contributed by atoms with Crippen molar-refractivity contribution in [3.63, 3.8) is 0 Å². The van der Waals surface area contributed by atoms with Crippen LogP contribution in [0.1, 0.15) is 36.6 Å². The summed E-state index contributed by atoms with van der Waals surface area (Å²) in [4.78, 5) is 4.52. The Morgan fingerprint density at radius 1 is 1.11 bits per heavy atom. The number of nitrogens with two attached hydrogens (primary N) is 1. The first kappa shape index (κ1) is 13.6. The van der Waals surface area contributed by atoms with Crippen molar-refractivity contribution in [3.8, 4) is 5.88 Å². The van der Waals surface area contributed by atoms with Crippen LogP contribution < -0.4 is 10.5 Å². The Bertz CT molecular complexity index is 524. The summed E-state index contributed by atoms with van der Waals surface area (Å²) in [5.74, 6) is 1.01. The largest absolute Gasteiger partial charge is 0.473 e. The molecule has 2 aromatic rings. The average molecular weight is 256 g/mol. The zero-order valence-corrected chi connectivity index (χ0v) is 11.5. The van der Waals surface area contributed by atoms with E-state index in [0.717, 1.165) is 16.8 Å². The summed E-state index contributed by atoms with van der Waals surface area (Å²) in [5, 5.41) is 0. The zero-order chi connectivity index (χ0) is 13.7. The van der Waals surface area contributed by atoms with Gasteiger partial charge in [0.05, 0.1) is 0 Å². The monoisotopic (exact) mass is 256 g/mol. The first-order chi connectivity index (χ1) is 9.19. The van der Waals surface area contributed by atoms with Crippen molar-refractivity contribution in [2.24, 2.45) is 5.73 Å². The fourth-order valence-electron chi connectivity index (χ4n) is 1.80. The van der Waals surface area contributed by atoms with Crippen molar-refractivity contribution in [3.05, 3.63) is 59.3 Å². The Labute approximate surface area is 114 Å². The number of rotatable bonds is 5. The Kier molecular flexibility index (Phi) is 4.53. The predicted molar refractivity (Wildman–Crippen MR) is 77.0 cm³/mol. The third kappa shape index (κ3) is 3.80. The standard InChI is InChI=1S/C16H20N2O/c1-12(2)15-8-14(10-17)9-16(18-15)19-11-13-6-4-3-5-7-13/h3-9,12H,10-11,17H2,1-2H3. The number of hydrogen-bond acceptors (Lipinski definition) is 3. The molecule has 0 atom stereocenters. The molecule has 0 aliphatic heterocycles. The minimum atomic E-state index is 0.366. The van der Waals surface area contributed by atoms with Crippen LogP contribution in [0.4, 0.5) is 0 Å². The summed E-state index contributed by atoms with van der Waals surface area (Å²) in [7, 11) is 0. The molecule has 0 saturated heterocycles. The molecular formula is C16H20N2O. The fraction of sp³-hybridized carbons (Fsp3) is 0.312. The molecule has 1 heterocycles. The quantitative estimate of drug-likeness (QED) is 0.893. The number of aromatic nitrogens is 1. The van der Waals surface area contributed by atoms with Gasteiger partial charge in [-0.1, -0.05) is 44.2 Å². The van der Waals surface area contributed by atoms with Gasteiger partial charge in [0, 0.05) is 18.3 Å². The maximum Gasteiger partial charge on any atom is 0.214 e. The second-order valence-corrected chi connectivity index (χ2v) is 4.87. The molecule has 1 aromatic heterocycles. The van der Waals surface area contributed by atoms with Gasteiger partial charge in [0.1, 0.15) is 6.61 Å². The second kappa shape index (κ2) is 6.34. The maximum absolute atomic E-state index is 5.76. The van der Waals surface area contributed by atoms with Gasteiger partial charge in [-0.05, 0) is 23.1 Å². The highest BCUT2D eigenvalue weighted by molar-refractivity contribution is 5.27. The number of ether oxygens (including phenoxy) is 1. The molecule has 1 aromatic carbocycles. The van der Waals surface area contributed by atoms with Gasteiger partial charge in [0.2, 0.25) is 5.88 Å². The molecule has 0 fully saturated rings. The van der Waals surface area contributed by atoms with E-state index in [-0.39, 0.29) is 0 Å². The van der Waals surface area contributed by atoms with E-state index < -0.39 is 0 Å². The van der Waals surface area contributed by atoms with Crippen LogP contribution in [0.2, 0.25) is 0 Å². The normalized spacial score (nSPS) is 10.7. The molecule has 0 spiro atoms. The molecule has 0 aliphatic carbocycles. The van der Waals surface area contributed by atoms with Gasteiger partial charge in [-0.25, -0.2) is 4.98 Å². The summed E-state index contributed by atoms with van der Waals surface area (Å²) in [5.41, 5.74) is 8.92. The van der Waals surface area contributed by atoms with Crippen LogP contribution in [-0.2, 0) is 13.2 Å². The lowest BCUT2D eigenvalue weighted by Crippen LogP contribution is -2.04. The van der Waals surface area contributed by atoms with Crippen LogP contribution in [0.5, 0.6) is 5.88 Å². The van der Waals surface area contributed by atoms with E-state index in [4.69, 9.17) is 10.5 Å². The molecule has 0 radical (unpaired) electrons. The van der Waals surface area contributed by atoms with Gasteiger partial charge in [-0.2, -0.15) is 0 Å². The smallest absolute Gasteiger partial charge is 0.214 e. The first-order valence-electron chi connectivity index (χ1n) is 6.56. The number of pyridine rings is 1. The van der Waals surface area contributed by atoms with Crippen LogP contribution in [0.3, 0.4) is 0 Å². The molecular weight excluding hydrogens is 236 g/mol. The summed E-state index contributed by atoms with van der Waals surface area (Å²) in [6.45, 7) is 5.26. The molecule has 2 rings (SSSR count). The van der Waals surface area contributed by atoms with Crippen molar-refractivity contribution in [2.45, 2.75) is 32.9 Å². The van der Waals surface area contributed by atoms with Crippen molar-refractivity contribution in [1.82, 2.24) is 4.98 Å². The average Bonchev–Trinajstić information content (AvgIpc) is 2.45. The molecule has 0 saturated carbocycles. The molecule has 3 nitrogen and oxygen atoms in total. The van der Waals surface area contributed by atoms with Gasteiger partial charge in [-0.15, -0.1) is 0 Å². The molecule has 3 heteroatoms. The van der Waals surface area contributed by atoms with Gasteiger partial charge in [0.15, 0.2) is 0 Å². The Morgan fingerprint density at radius 2 is 1.84 bits per heavy atom. The highest BCUT2D eigenvalue weighted by Gasteiger charge is 2.06. The molecule has 0 bridgehead atoms. The van der Waals surface area contributed by atoms with Crippen molar-refractivity contribution in [2.75, 3.05) is 0 Å². The van der Waals surface area contributed by atoms with Crippen LogP contribution in [0, 0.1) is 0 Å². The lowest BCUT2D eigenvalue weighted by molar-refractivity contribution is 0.292. The zero-order valence-electron chi connectivity index (χ0n) is 11.5. The van der Waals surface area contributed by atoms with Crippen LogP contribution in [-0.4, -0.2) is 4.98 Å². The summed E-state index contributed by atoms with van der Waals surface area (Å²) >= 11 is 0. The highest BCUT2D eigenvalue weighted by Crippen LogP contribution is 2.19. The summed E-state index contributed by atoms with van der Waals surface area (Å²) in [6, 6.07) is 14.0. The maximum atomic E-state index is 5.76. The van der Waals surface area contributed by atoms with Crippen molar-refractivity contribution in [1.29, 1.82) is 0 Å². The van der Waals surface area contributed by atoms with Crippen LogP contribution in [0.25, 0.3) is 0 Å². The number of benzene rings is 1. The lowest BCUT2D eigenvalue weighted by Gasteiger charge is -2.11. The van der Waals surface area contributed by atoms with Gasteiger partial charge in [0.25, 0.3) is 0 Å². The Morgan fingerprint density at radius 3 is 2.47 bits per heavy atom. The molecule has 0 unspecified atom stereocenters. The predicted octanol–water partition coefficient (Wildman–Crippen LogP) is 3.24. The summed E-state index contributed by atoms with van der Waals surface area (Å²) in [6.07, 6.45) is 0. The van der Waals surface area contributed by atoms with E-state index in [0.29, 0.717) is 24.9 Å².